The van der Waals surface area contributed by atoms with Crippen molar-refractivity contribution in [2.75, 3.05) is 51.2 Å². The molecule has 7 heteroatoms. The summed E-state index contributed by atoms with van der Waals surface area (Å²) in [6, 6.07) is 15.5. The number of likely N-dealkylation sites (N-methyl/N-ethyl adjacent to an activating group) is 1. The first-order valence-corrected chi connectivity index (χ1v) is 11.6. The minimum absolute atomic E-state index is 0.0383. The molecule has 0 atom stereocenters. The zero-order valence-corrected chi connectivity index (χ0v) is 19.0. The van der Waals surface area contributed by atoms with Crippen LogP contribution in [0.25, 0.3) is 11.0 Å². The van der Waals surface area contributed by atoms with Crippen LogP contribution >= 0.6 is 0 Å². The average molecular weight is 448 g/mol. The summed E-state index contributed by atoms with van der Waals surface area (Å²) in [6.45, 7) is 4.94. The number of nitrogens with zero attached hydrogens (tertiary/aromatic N) is 3. The molecule has 2 aliphatic rings. The molecule has 0 bridgehead atoms. The Bertz CT molecular complexity index is 1200. The molecule has 0 saturated carbocycles. The summed E-state index contributed by atoms with van der Waals surface area (Å²) in [5.41, 5.74) is 2.44. The van der Waals surface area contributed by atoms with Crippen LogP contribution in [0.1, 0.15) is 17.5 Å². The fourth-order valence-electron chi connectivity index (χ4n) is 4.65. The molecule has 172 valence electrons. The van der Waals surface area contributed by atoms with Crippen molar-refractivity contribution in [3.63, 3.8) is 0 Å². The van der Waals surface area contributed by atoms with E-state index >= 15 is 0 Å². The maximum Gasteiger partial charge on any atom is 0.360 e. The molecule has 0 spiro atoms. The van der Waals surface area contributed by atoms with E-state index in [1.165, 1.54) is 0 Å². The molecule has 3 heterocycles. The highest BCUT2D eigenvalue weighted by atomic mass is 16.5. The zero-order chi connectivity index (χ0) is 22.8. The van der Waals surface area contributed by atoms with Crippen molar-refractivity contribution in [2.24, 2.45) is 0 Å². The normalized spacial score (nSPS) is 17.2. The third-order valence-corrected chi connectivity index (χ3v) is 6.54. The van der Waals surface area contributed by atoms with E-state index in [2.05, 4.69) is 16.8 Å². The van der Waals surface area contributed by atoms with Crippen LogP contribution in [0.3, 0.4) is 0 Å². The van der Waals surface area contributed by atoms with Gasteiger partial charge in [-0.1, -0.05) is 30.3 Å². The van der Waals surface area contributed by atoms with Gasteiger partial charge in [0.1, 0.15) is 23.6 Å². The quantitative estimate of drug-likeness (QED) is 0.561. The second-order valence-electron chi connectivity index (χ2n) is 8.88. The summed E-state index contributed by atoms with van der Waals surface area (Å²) in [7, 11) is 2.09. The number of fused-ring (bicyclic) bond motifs is 3. The molecule has 0 N–H and O–H groups in total. The lowest BCUT2D eigenvalue weighted by atomic mass is 9.98. The summed E-state index contributed by atoms with van der Waals surface area (Å²) >= 11 is 0. The van der Waals surface area contributed by atoms with Crippen LogP contribution in [0, 0.1) is 0 Å². The summed E-state index contributed by atoms with van der Waals surface area (Å²) in [6.07, 6.45) is 1.55. The fourth-order valence-corrected chi connectivity index (χ4v) is 4.65. The summed E-state index contributed by atoms with van der Waals surface area (Å²) in [4.78, 5) is 32.2. The monoisotopic (exact) mass is 447 g/mol. The van der Waals surface area contributed by atoms with Gasteiger partial charge in [-0.25, -0.2) is 4.79 Å². The van der Waals surface area contributed by atoms with Crippen molar-refractivity contribution in [3.05, 3.63) is 70.1 Å². The Kier molecular flexibility index (Phi) is 6.15. The van der Waals surface area contributed by atoms with Crippen molar-refractivity contribution < 1.29 is 13.9 Å². The van der Waals surface area contributed by atoms with Gasteiger partial charge in [-0.3, -0.25) is 9.69 Å². The van der Waals surface area contributed by atoms with Crippen LogP contribution in [-0.2, 0) is 17.8 Å². The van der Waals surface area contributed by atoms with Gasteiger partial charge in [0.05, 0.1) is 6.54 Å². The number of ether oxygens (including phenoxy) is 1. The molecule has 33 heavy (non-hydrogen) atoms. The Morgan fingerprint density at radius 1 is 1.03 bits per heavy atom. The molecular formula is C26H29N3O4. The molecule has 1 aromatic heterocycles. The first-order valence-electron chi connectivity index (χ1n) is 11.6. The third kappa shape index (κ3) is 4.65. The van der Waals surface area contributed by atoms with Gasteiger partial charge in [-0.05, 0) is 49.2 Å². The number of aryl methyl sites for hydroxylation is 1. The van der Waals surface area contributed by atoms with Crippen molar-refractivity contribution in [1.29, 1.82) is 0 Å². The lowest BCUT2D eigenvalue weighted by Crippen LogP contribution is -2.50. The van der Waals surface area contributed by atoms with Gasteiger partial charge in [0.25, 0.3) is 0 Å². The van der Waals surface area contributed by atoms with Crippen molar-refractivity contribution in [1.82, 2.24) is 9.80 Å². The number of carbonyl (C=O) groups excluding carboxylic acids is 1. The number of anilines is 1. The Balaban J connectivity index is 1.41. The molecule has 1 amide bonds. The topological polar surface area (TPSA) is 66.2 Å². The Labute approximate surface area is 193 Å². The number of hydrogen-bond acceptors (Lipinski definition) is 6. The molecule has 7 nitrogen and oxygen atoms in total. The highest BCUT2D eigenvalue weighted by molar-refractivity contribution is 5.98. The molecule has 2 aliphatic heterocycles. The van der Waals surface area contributed by atoms with Crippen molar-refractivity contribution in [2.45, 2.75) is 19.4 Å². The second-order valence-corrected chi connectivity index (χ2v) is 8.88. The molecule has 0 radical (unpaired) electrons. The number of rotatable bonds is 5. The van der Waals surface area contributed by atoms with Crippen molar-refractivity contribution >= 4 is 22.6 Å². The van der Waals surface area contributed by atoms with E-state index in [-0.39, 0.29) is 5.91 Å². The average Bonchev–Trinajstić information content (AvgIpc) is 2.84. The van der Waals surface area contributed by atoms with E-state index in [0.29, 0.717) is 36.7 Å². The molecule has 0 aliphatic carbocycles. The van der Waals surface area contributed by atoms with Crippen molar-refractivity contribution in [3.8, 4) is 5.75 Å². The SMILES string of the molecule is CN1CCN(CC(=O)N2CCCc3c2c(=O)oc2ccc(OCc4ccccc4)cc32)CC1. The van der Waals surface area contributed by atoms with Crippen LogP contribution in [0.2, 0.25) is 0 Å². The summed E-state index contributed by atoms with van der Waals surface area (Å²) < 4.78 is 11.6. The maximum atomic E-state index is 13.2. The number of carbonyl (C=O) groups is 1. The van der Waals surface area contributed by atoms with E-state index < -0.39 is 5.63 Å². The predicted octanol–water partition coefficient (Wildman–Crippen LogP) is 2.90. The minimum atomic E-state index is -0.443. The Morgan fingerprint density at radius 3 is 2.61 bits per heavy atom. The number of hydrogen-bond donors (Lipinski definition) is 0. The first kappa shape index (κ1) is 21.7. The van der Waals surface area contributed by atoms with Gasteiger partial charge < -0.3 is 19.0 Å². The fraction of sp³-hybridized carbons (Fsp3) is 0.385. The highest BCUT2D eigenvalue weighted by Gasteiger charge is 2.30. The largest absolute Gasteiger partial charge is 0.489 e. The molecule has 1 fully saturated rings. The molecule has 3 aromatic rings. The zero-order valence-electron chi connectivity index (χ0n) is 19.0. The highest BCUT2D eigenvalue weighted by Crippen LogP contribution is 2.33. The smallest absolute Gasteiger partial charge is 0.360 e. The minimum Gasteiger partial charge on any atom is -0.489 e. The van der Waals surface area contributed by atoms with Crippen LogP contribution in [0.5, 0.6) is 5.75 Å². The van der Waals surface area contributed by atoms with Crippen LogP contribution in [0.15, 0.2) is 57.7 Å². The molecule has 0 unspecified atom stereocenters. The number of piperazine rings is 1. The van der Waals surface area contributed by atoms with Gasteiger partial charge >= 0.3 is 5.63 Å². The van der Waals surface area contributed by atoms with Crippen LogP contribution in [-0.4, -0.2) is 62.0 Å². The van der Waals surface area contributed by atoms with E-state index in [0.717, 1.165) is 55.5 Å². The predicted molar refractivity (Wildman–Crippen MR) is 128 cm³/mol. The van der Waals surface area contributed by atoms with E-state index in [1.54, 1.807) is 11.0 Å². The van der Waals surface area contributed by atoms with E-state index in [9.17, 15) is 9.59 Å². The van der Waals surface area contributed by atoms with E-state index in [1.807, 2.05) is 42.5 Å². The Morgan fingerprint density at radius 2 is 1.82 bits per heavy atom. The Hall–Kier alpha value is -3.16. The maximum absolute atomic E-state index is 13.2. The van der Waals surface area contributed by atoms with Crippen LogP contribution in [0.4, 0.5) is 5.69 Å². The van der Waals surface area contributed by atoms with Gasteiger partial charge in [0, 0.05) is 38.1 Å². The van der Waals surface area contributed by atoms with Gasteiger partial charge in [0.2, 0.25) is 5.91 Å². The lowest BCUT2D eigenvalue weighted by molar-refractivity contribution is -0.120. The van der Waals surface area contributed by atoms with Gasteiger partial charge in [-0.2, -0.15) is 0 Å². The first-order chi connectivity index (χ1) is 16.1. The number of benzene rings is 2. The van der Waals surface area contributed by atoms with Gasteiger partial charge in [-0.15, -0.1) is 0 Å². The van der Waals surface area contributed by atoms with Gasteiger partial charge in [0.15, 0.2) is 0 Å². The molecule has 2 aromatic carbocycles. The number of amides is 1. The lowest BCUT2D eigenvalue weighted by Gasteiger charge is -2.34. The summed E-state index contributed by atoms with van der Waals surface area (Å²) in [5.74, 6) is 0.673. The third-order valence-electron chi connectivity index (χ3n) is 6.54. The van der Waals surface area contributed by atoms with Crippen LogP contribution < -0.4 is 15.3 Å². The molecule has 1 saturated heterocycles. The molecule has 5 rings (SSSR count). The molecular weight excluding hydrogens is 418 g/mol. The standard InChI is InChI=1S/C26H29N3O4/c1-27-12-14-28(15-13-27)17-24(30)29-11-5-8-21-22-16-20(32-18-19-6-3-2-4-7-19)9-10-23(22)33-26(31)25(21)29/h2-4,6-7,9-10,16H,5,8,11-15,17-18H2,1H3. The second kappa shape index (κ2) is 9.37. The summed E-state index contributed by atoms with van der Waals surface area (Å²) in [5, 5.41) is 0.840. The van der Waals surface area contributed by atoms with E-state index in [4.69, 9.17) is 9.15 Å².